The summed E-state index contributed by atoms with van der Waals surface area (Å²) in [6.07, 6.45) is 1.87. The van der Waals surface area contributed by atoms with Crippen molar-refractivity contribution in [2.75, 3.05) is 6.54 Å². The molecule has 0 aromatic carbocycles. The van der Waals surface area contributed by atoms with Gasteiger partial charge in [-0.25, -0.2) is 0 Å². The first-order valence-corrected chi connectivity index (χ1v) is 2.65. The van der Waals surface area contributed by atoms with Gasteiger partial charge in [0, 0.05) is 6.54 Å². The molecule has 0 bridgehead atoms. The fourth-order valence-electron chi connectivity index (χ4n) is 0.315. The number of aliphatic hydroxyl groups is 1. The molecule has 0 heterocycles. The van der Waals surface area contributed by atoms with Gasteiger partial charge in [-0.1, -0.05) is 6.92 Å². The Morgan fingerprint density at radius 1 is 1.88 bits per heavy atom. The van der Waals surface area contributed by atoms with E-state index < -0.39 is 0 Å². The van der Waals surface area contributed by atoms with E-state index in [-0.39, 0.29) is 0 Å². The van der Waals surface area contributed by atoms with Crippen molar-refractivity contribution in [1.29, 1.82) is 0 Å². The molecule has 3 nitrogen and oxygen atoms in total. The lowest BCUT2D eigenvalue weighted by molar-refractivity contribution is 0.459. The van der Waals surface area contributed by atoms with Crippen molar-refractivity contribution in [2.24, 2.45) is 5.73 Å². The Balaban J connectivity index is 3.12. The molecule has 0 amide bonds. The molecule has 0 aliphatic heterocycles. The average Bonchev–Trinajstić information content (AvgIpc) is 1.83. The molecule has 0 radical (unpaired) electrons. The highest BCUT2D eigenvalue weighted by Gasteiger charge is 1.81. The zero-order chi connectivity index (χ0) is 6.41. The third-order valence-corrected chi connectivity index (χ3v) is 0.718. The van der Waals surface area contributed by atoms with Gasteiger partial charge in [0.1, 0.15) is 12.1 Å². The van der Waals surface area contributed by atoms with Crippen LogP contribution in [0.1, 0.15) is 13.3 Å². The molecule has 0 aromatic heterocycles. The van der Waals surface area contributed by atoms with E-state index in [1.807, 2.05) is 6.92 Å². The largest absolute Gasteiger partial charge is 0.512 e. The summed E-state index contributed by atoms with van der Waals surface area (Å²) >= 11 is 0. The SMILES string of the molecule is CCCN/C(N)=C\O. The third kappa shape index (κ3) is 3.33. The van der Waals surface area contributed by atoms with E-state index in [9.17, 15) is 0 Å². The van der Waals surface area contributed by atoms with Crippen LogP contribution in [0.25, 0.3) is 0 Å². The highest BCUT2D eigenvalue weighted by Crippen LogP contribution is 1.74. The lowest BCUT2D eigenvalue weighted by Crippen LogP contribution is -2.20. The van der Waals surface area contributed by atoms with Gasteiger partial charge in [0.2, 0.25) is 0 Å². The summed E-state index contributed by atoms with van der Waals surface area (Å²) in [5, 5.41) is 11.0. The first-order chi connectivity index (χ1) is 3.81. The van der Waals surface area contributed by atoms with Gasteiger partial charge >= 0.3 is 0 Å². The van der Waals surface area contributed by atoms with Gasteiger partial charge in [-0.3, -0.25) is 0 Å². The van der Waals surface area contributed by atoms with E-state index >= 15 is 0 Å². The Labute approximate surface area is 49.2 Å². The van der Waals surface area contributed by atoms with Crippen LogP contribution in [0.4, 0.5) is 0 Å². The second-order valence-electron chi connectivity index (χ2n) is 1.51. The zero-order valence-electron chi connectivity index (χ0n) is 5.02. The third-order valence-electron chi connectivity index (χ3n) is 0.718. The van der Waals surface area contributed by atoms with Crippen molar-refractivity contribution in [2.45, 2.75) is 13.3 Å². The number of rotatable bonds is 3. The van der Waals surface area contributed by atoms with Gasteiger partial charge in [-0.15, -0.1) is 0 Å². The normalized spacial score (nSPS) is 11.4. The molecule has 0 unspecified atom stereocenters. The molecular weight excluding hydrogens is 104 g/mol. The number of hydrogen-bond donors (Lipinski definition) is 3. The molecule has 0 rings (SSSR count). The predicted molar refractivity (Wildman–Crippen MR) is 33.2 cm³/mol. The van der Waals surface area contributed by atoms with E-state index in [2.05, 4.69) is 5.32 Å². The van der Waals surface area contributed by atoms with Crippen LogP contribution in [0.2, 0.25) is 0 Å². The highest BCUT2D eigenvalue weighted by molar-refractivity contribution is 4.85. The number of hydrogen-bond acceptors (Lipinski definition) is 3. The molecule has 0 saturated carbocycles. The van der Waals surface area contributed by atoms with Gasteiger partial charge in [0.25, 0.3) is 0 Å². The molecule has 3 heteroatoms. The minimum absolute atomic E-state index is 0.326. The maximum Gasteiger partial charge on any atom is 0.131 e. The second kappa shape index (κ2) is 4.30. The Hall–Kier alpha value is -0.860. The van der Waals surface area contributed by atoms with Gasteiger partial charge in [-0.2, -0.15) is 0 Å². The Morgan fingerprint density at radius 2 is 2.50 bits per heavy atom. The molecule has 0 aliphatic carbocycles. The molecule has 0 atom stereocenters. The highest BCUT2D eigenvalue weighted by atomic mass is 16.2. The Bertz CT molecular complexity index is 80.5. The summed E-state index contributed by atoms with van der Waals surface area (Å²) in [6, 6.07) is 0. The van der Waals surface area contributed by atoms with Crippen LogP contribution >= 0.6 is 0 Å². The van der Waals surface area contributed by atoms with Gasteiger partial charge in [0.15, 0.2) is 0 Å². The summed E-state index contributed by atoms with van der Waals surface area (Å²) in [5.74, 6) is 0.326. The van der Waals surface area contributed by atoms with Crippen LogP contribution in [0.3, 0.4) is 0 Å². The van der Waals surface area contributed by atoms with Gasteiger partial charge in [0.05, 0.1) is 0 Å². The van der Waals surface area contributed by atoms with Crippen LogP contribution < -0.4 is 11.1 Å². The van der Waals surface area contributed by atoms with Crippen molar-refractivity contribution in [3.8, 4) is 0 Å². The minimum atomic E-state index is 0.326. The average molecular weight is 116 g/mol. The number of aliphatic hydroxyl groups excluding tert-OH is 1. The van der Waals surface area contributed by atoms with E-state index in [1.165, 1.54) is 0 Å². The molecule has 4 N–H and O–H groups in total. The topological polar surface area (TPSA) is 58.3 Å². The maximum atomic E-state index is 8.21. The number of nitrogens with two attached hydrogens (primary N) is 1. The molecule has 0 spiro atoms. The monoisotopic (exact) mass is 116 g/mol. The first-order valence-electron chi connectivity index (χ1n) is 2.65. The summed E-state index contributed by atoms with van der Waals surface area (Å²) in [6.45, 7) is 2.83. The van der Waals surface area contributed by atoms with Crippen molar-refractivity contribution >= 4 is 0 Å². The second-order valence-corrected chi connectivity index (χ2v) is 1.51. The Kier molecular flexibility index (Phi) is 3.84. The van der Waals surface area contributed by atoms with E-state index in [0.717, 1.165) is 19.2 Å². The van der Waals surface area contributed by atoms with Crippen molar-refractivity contribution in [3.63, 3.8) is 0 Å². The summed E-state index contributed by atoms with van der Waals surface area (Å²) in [7, 11) is 0. The minimum Gasteiger partial charge on any atom is -0.512 e. The summed E-state index contributed by atoms with van der Waals surface area (Å²) in [4.78, 5) is 0. The zero-order valence-corrected chi connectivity index (χ0v) is 5.02. The molecule has 0 aromatic rings. The van der Waals surface area contributed by atoms with Crippen LogP contribution in [-0.4, -0.2) is 11.7 Å². The van der Waals surface area contributed by atoms with Gasteiger partial charge < -0.3 is 16.2 Å². The van der Waals surface area contributed by atoms with Crippen molar-refractivity contribution in [3.05, 3.63) is 12.1 Å². The summed E-state index contributed by atoms with van der Waals surface area (Å²) < 4.78 is 0. The van der Waals surface area contributed by atoms with Gasteiger partial charge in [-0.05, 0) is 6.42 Å². The standard InChI is InChI=1S/C5H12N2O/c1-2-3-7-5(6)4-8/h4,7-8H,2-3,6H2,1H3/b5-4-. The van der Waals surface area contributed by atoms with E-state index in [1.54, 1.807) is 0 Å². The van der Waals surface area contributed by atoms with Crippen molar-refractivity contribution in [1.82, 2.24) is 5.32 Å². The number of nitrogens with one attached hydrogen (secondary N) is 1. The summed E-state index contributed by atoms with van der Waals surface area (Å²) in [5.41, 5.74) is 5.16. The molecule has 8 heavy (non-hydrogen) atoms. The van der Waals surface area contributed by atoms with Crippen LogP contribution in [0.5, 0.6) is 0 Å². The molecule has 0 fully saturated rings. The predicted octanol–water partition coefficient (Wildman–Crippen LogP) is 0.302. The van der Waals surface area contributed by atoms with Crippen molar-refractivity contribution < 1.29 is 5.11 Å². The molecule has 0 saturated heterocycles. The lowest BCUT2D eigenvalue weighted by atomic mass is 10.5. The van der Waals surface area contributed by atoms with Crippen LogP contribution in [-0.2, 0) is 0 Å². The first kappa shape index (κ1) is 7.14. The molecule has 48 valence electrons. The molecule has 0 aliphatic rings. The fraction of sp³-hybridized carbons (Fsp3) is 0.600. The fourth-order valence-corrected chi connectivity index (χ4v) is 0.315. The smallest absolute Gasteiger partial charge is 0.131 e. The Morgan fingerprint density at radius 3 is 2.88 bits per heavy atom. The quantitative estimate of drug-likeness (QED) is 0.465. The maximum absolute atomic E-state index is 8.21. The van der Waals surface area contributed by atoms with E-state index in [4.69, 9.17) is 10.8 Å². The van der Waals surface area contributed by atoms with Crippen LogP contribution in [0.15, 0.2) is 12.1 Å². The van der Waals surface area contributed by atoms with E-state index in [0.29, 0.717) is 5.82 Å². The lowest BCUT2D eigenvalue weighted by Gasteiger charge is -1.99. The van der Waals surface area contributed by atoms with Crippen LogP contribution in [0, 0.1) is 0 Å². The molecular formula is C5H12N2O.